The summed E-state index contributed by atoms with van der Waals surface area (Å²) in [6, 6.07) is 4.59. The van der Waals surface area contributed by atoms with E-state index >= 15 is 0 Å². The van der Waals surface area contributed by atoms with Gasteiger partial charge in [-0.1, -0.05) is 25.4 Å². The summed E-state index contributed by atoms with van der Waals surface area (Å²) >= 11 is 5.90. The minimum atomic E-state index is -0.536. The lowest BCUT2D eigenvalue weighted by atomic mass is 9.95. The van der Waals surface area contributed by atoms with Crippen molar-refractivity contribution in [3.63, 3.8) is 0 Å². The van der Waals surface area contributed by atoms with Crippen LogP contribution in [0.2, 0.25) is 5.02 Å². The Kier molecular flexibility index (Phi) is 5.98. The number of rotatable bonds is 5. The first-order chi connectivity index (χ1) is 9.40. The predicted molar refractivity (Wildman–Crippen MR) is 78.8 cm³/mol. The van der Waals surface area contributed by atoms with E-state index in [2.05, 4.69) is 10.1 Å². The maximum atomic E-state index is 12.2. The van der Waals surface area contributed by atoms with Crippen LogP contribution in [0.3, 0.4) is 0 Å². The standard InChI is InChI=1S/C14H19ClN2O3/c1-8(2)11(7-16)13(18)17-12-6-9(15)4-5-10(12)14(19)20-3/h4-6,8,11H,7,16H2,1-3H3,(H,17,18). The van der Waals surface area contributed by atoms with E-state index < -0.39 is 5.97 Å². The van der Waals surface area contributed by atoms with Crippen LogP contribution in [0.15, 0.2) is 18.2 Å². The Morgan fingerprint density at radius 1 is 1.40 bits per heavy atom. The zero-order valence-electron chi connectivity index (χ0n) is 11.8. The van der Waals surface area contributed by atoms with Crippen LogP contribution in [0.4, 0.5) is 5.69 Å². The summed E-state index contributed by atoms with van der Waals surface area (Å²) in [4.78, 5) is 23.8. The maximum absolute atomic E-state index is 12.2. The van der Waals surface area contributed by atoms with E-state index in [1.54, 1.807) is 6.07 Å². The fraction of sp³-hybridized carbons (Fsp3) is 0.429. The molecule has 3 N–H and O–H groups in total. The Balaban J connectivity index is 3.04. The lowest BCUT2D eigenvalue weighted by Crippen LogP contribution is -2.33. The van der Waals surface area contributed by atoms with Crippen LogP contribution < -0.4 is 11.1 Å². The second-order valence-electron chi connectivity index (χ2n) is 4.76. The van der Waals surface area contributed by atoms with E-state index in [4.69, 9.17) is 17.3 Å². The highest BCUT2D eigenvalue weighted by molar-refractivity contribution is 6.31. The summed E-state index contributed by atoms with van der Waals surface area (Å²) in [6.45, 7) is 4.06. The SMILES string of the molecule is COC(=O)c1ccc(Cl)cc1NC(=O)C(CN)C(C)C. The first-order valence-electron chi connectivity index (χ1n) is 6.29. The Morgan fingerprint density at radius 2 is 2.05 bits per heavy atom. The number of anilines is 1. The maximum Gasteiger partial charge on any atom is 0.339 e. The average molecular weight is 299 g/mol. The first kappa shape index (κ1) is 16.5. The first-order valence-corrected chi connectivity index (χ1v) is 6.67. The lowest BCUT2D eigenvalue weighted by molar-refractivity contribution is -0.120. The minimum Gasteiger partial charge on any atom is -0.465 e. The van der Waals surface area contributed by atoms with Gasteiger partial charge >= 0.3 is 5.97 Å². The van der Waals surface area contributed by atoms with Crippen molar-refractivity contribution in [2.75, 3.05) is 19.0 Å². The third-order valence-electron chi connectivity index (χ3n) is 3.04. The van der Waals surface area contributed by atoms with Gasteiger partial charge in [0.05, 0.1) is 24.3 Å². The van der Waals surface area contributed by atoms with Crippen molar-refractivity contribution in [3.8, 4) is 0 Å². The van der Waals surface area contributed by atoms with Crippen LogP contribution in [0.5, 0.6) is 0 Å². The van der Waals surface area contributed by atoms with Crippen LogP contribution in [0, 0.1) is 11.8 Å². The van der Waals surface area contributed by atoms with Crippen molar-refractivity contribution in [1.29, 1.82) is 0 Å². The summed E-state index contributed by atoms with van der Waals surface area (Å²) in [6.07, 6.45) is 0. The molecule has 0 spiro atoms. The molecule has 0 fully saturated rings. The van der Waals surface area contributed by atoms with Crippen LogP contribution in [-0.2, 0) is 9.53 Å². The molecule has 0 aliphatic rings. The van der Waals surface area contributed by atoms with Crippen molar-refractivity contribution in [2.24, 2.45) is 17.6 Å². The number of benzene rings is 1. The van der Waals surface area contributed by atoms with E-state index in [0.717, 1.165) is 0 Å². The summed E-state index contributed by atoms with van der Waals surface area (Å²) in [7, 11) is 1.28. The van der Waals surface area contributed by atoms with Crippen molar-refractivity contribution >= 4 is 29.2 Å². The molecule has 20 heavy (non-hydrogen) atoms. The number of esters is 1. The van der Waals surface area contributed by atoms with Gasteiger partial charge in [-0.25, -0.2) is 4.79 Å². The number of nitrogens with one attached hydrogen (secondary N) is 1. The highest BCUT2D eigenvalue weighted by Gasteiger charge is 2.22. The third kappa shape index (κ3) is 3.95. The molecule has 110 valence electrons. The van der Waals surface area contributed by atoms with Crippen LogP contribution in [-0.4, -0.2) is 25.5 Å². The Bertz CT molecular complexity index is 503. The van der Waals surface area contributed by atoms with Gasteiger partial charge in [0.25, 0.3) is 0 Å². The van der Waals surface area contributed by atoms with Crippen LogP contribution >= 0.6 is 11.6 Å². The molecule has 0 heterocycles. The third-order valence-corrected chi connectivity index (χ3v) is 3.28. The van der Waals surface area contributed by atoms with Gasteiger partial charge in [-0.15, -0.1) is 0 Å². The summed E-state index contributed by atoms with van der Waals surface area (Å²) in [5, 5.41) is 3.11. The monoisotopic (exact) mass is 298 g/mol. The number of amides is 1. The number of ether oxygens (including phenoxy) is 1. The van der Waals surface area contributed by atoms with Crippen LogP contribution in [0.1, 0.15) is 24.2 Å². The van der Waals surface area contributed by atoms with E-state index in [-0.39, 0.29) is 29.9 Å². The lowest BCUT2D eigenvalue weighted by Gasteiger charge is -2.19. The average Bonchev–Trinajstić information content (AvgIpc) is 2.38. The second kappa shape index (κ2) is 7.26. The molecule has 1 atom stereocenters. The number of halogens is 1. The van der Waals surface area contributed by atoms with E-state index in [1.165, 1.54) is 19.2 Å². The van der Waals surface area contributed by atoms with Gasteiger partial charge in [0.2, 0.25) is 5.91 Å². The number of hydrogen-bond donors (Lipinski definition) is 2. The summed E-state index contributed by atoms with van der Waals surface area (Å²) < 4.78 is 4.67. The quantitative estimate of drug-likeness (QED) is 0.817. The highest BCUT2D eigenvalue weighted by Crippen LogP contribution is 2.23. The van der Waals surface area contributed by atoms with Crippen molar-refractivity contribution in [2.45, 2.75) is 13.8 Å². The van der Waals surface area contributed by atoms with Crippen molar-refractivity contribution in [1.82, 2.24) is 0 Å². The normalized spacial score (nSPS) is 12.1. The van der Waals surface area contributed by atoms with E-state index in [0.29, 0.717) is 10.7 Å². The van der Waals surface area contributed by atoms with Gasteiger partial charge in [-0.05, 0) is 24.1 Å². The molecule has 0 aromatic heterocycles. The molecule has 0 saturated carbocycles. The Labute approximate surface area is 123 Å². The van der Waals surface area contributed by atoms with Gasteiger partial charge < -0.3 is 15.8 Å². The van der Waals surface area contributed by atoms with Gasteiger partial charge in [-0.2, -0.15) is 0 Å². The minimum absolute atomic E-state index is 0.0979. The number of nitrogens with two attached hydrogens (primary N) is 1. The van der Waals surface area contributed by atoms with Gasteiger partial charge in [-0.3, -0.25) is 4.79 Å². The Hall–Kier alpha value is -1.59. The van der Waals surface area contributed by atoms with Gasteiger partial charge in [0.15, 0.2) is 0 Å². The highest BCUT2D eigenvalue weighted by atomic mass is 35.5. The molecule has 0 bridgehead atoms. The topological polar surface area (TPSA) is 81.4 Å². The summed E-state index contributed by atoms with van der Waals surface area (Å²) in [5.41, 5.74) is 6.19. The molecule has 0 saturated heterocycles. The molecule has 1 rings (SSSR count). The fourth-order valence-corrected chi connectivity index (χ4v) is 1.99. The smallest absolute Gasteiger partial charge is 0.339 e. The van der Waals surface area contributed by atoms with E-state index in [9.17, 15) is 9.59 Å². The number of carbonyl (C=O) groups is 2. The molecule has 0 aliphatic carbocycles. The number of hydrogen-bond acceptors (Lipinski definition) is 4. The molecule has 1 aromatic carbocycles. The molecular formula is C14H19ClN2O3. The number of methoxy groups -OCH3 is 1. The summed E-state index contributed by atoms with van der Waals surface area (Å²) in [5.74, 6) is -1.01. The van der Waals surface area contributed by atoms with E-state index in [1.807, 2.05) is 13.8 Å². The van der Waals surface area contributed by atoms with Gasteiger partial charge in [0.1, 0.15) is 0 Å². The molecule has 0 aliphatic heterocycles. The fourth-order valence-electron chi connectivity index (χ4n) is 1.82. The largest absolute Gasteiger partial charge is 0.465 e. The number of carbonyl (C=O) groups excluding carboxylic acids is 2. The molecule has 1 amide bonds. The molecule has 5 nitrogen and oxygen atoms in total. The zero-order chi connectivity index (χ0) is 15.3. The molecule has 1 unspecified atom stereocenters. The second-order valence-corrected chi connectivity index (χ2v) is 5.19. The zero-order valence-corrected chi connectivity index (χ0v) is 12.5. The van der Waals surface area contributed by atoms with Gasteiger partial charge in [0, 0.05) is 11.6 Å². The molecule has 1 aromatic rings. The van der Waals surface area contributed by atoms with Crippen LogP contribution in [0.25, 0.3) is 0 Å². The molecule has 0 radical (unpaired) electrons. The Morgan fingerprint density at radius 3 is 2.55 bits per heavy atom. The predicted octanol–water partition coefficient (Wildman–Crippen LogP) is 2.30. The molecular weight excluding hydrogens is 280 g/mol. The molecule has 6 heteroatoms. The van der Waals surface area contributed by atoms with Crippen molar-refractivity contribution in [3.05, 3.63) is 28.8 Å². The van der Waals surface area contributed by atoms with Crippen molar-refractivity contribution < 1.29 is 14.3 Å².